The Labute approximate surface area is 238 Å². The monoisotopic (exact) mass is 542 g/mol. The fraction of sp³-hybridized carbons (Fsp3) is 0.571. The lowest BCUT2D eigenvalue weighted by atomic mass is 9.34. The maximum Gasteiger partial charge on any atom is 0.335 e. The van der Waals surface area contributed by atoms with E-state index in [2.05, 4.69) is 59.3 Å². The molecule has 5 rings (SSSR count). The topological polar surface area (TPSA) is 69.7 Å². The normalized spacial score (nSPS) is 40.1. The van der Waals surface area contributed by atoms with Gasteiger partial charge in [-0.15, -0.1) is 6.42 Å². The predicted molar refractivity (Wildman–Crippen MR) is 154 cm³/mol. The Morgan fingerprint density at radius 3 is 2.45 bits per heavy atom. The van der Waals surface area contributed by atoms with Crippen molar-refractivity contribution < 1.29 is 23.9 Å². The van der Waals surface area contributed by atoms with E-state index in [1.54, 1.807) is 6.08 Å². The largest absolute Gasteiger partial charge is 0.452 e. The van der Waals surface area contributed by atoms with Gasteiger partial charge in [-0.1, -0.05) is 57.9 Å². The first-order valence-corrected chi connectivity index (χ1v) is 14.6. The summed E-state index contributed by atoms with van der Waals surface area (Å²) < 4.78 is 10.8. The Balaban J connectivity index is 1.56. The van der Waals surface area contributed by atoms with E-state index in [0.717, 1.165) is 62.2 Å². The summed E-state index contributed by atoms with van der Waals surface area (Å²) in [5.74, 6) is 1.79. The Kier molecular flexibility index (Phi) is 6.53. The minimum absolute atomic E-state index is 0.0153. The molecule has 5 nitrogen and oxygen atoms in total. The molecule has 0 aliphatic heterocycles. The molecule has 0 unspecified atom stereocenters. The van der Waals surface area contributed by atoms with Crippen LogP contribution in [0.5, 0.6) is 0 Å². The van der Waals surface area contributed by atoms with E-state index in [-0.39, 0.29) is 45.8 Å². The highest BCUT2D eigenvalue weighted by Crippen LogP contribution is 2.75. The molecule has 3 fully saturated rings. The molecule has 0 spiro atoms. The quantitative estimate of drug-likeness (QED) is 0.218. The summed E-state index contributed by atoms with van der Waals surface area (Å²) in [5.41, 5.74) is 3.23. The number of carbonyl (C=O) groups is 3. The van der Waals surface area contributed by atoms with E-state index in [0.29, 0.717) is 11.5 Å². The molecule has 3 saturated carbocycles. The number of rotatable bonds is 4. The van der Waals surface area contributed by atoms with Crippen LogP contribution in [0, 0.1) is 45.3 Å². The van der Waals surface area contributed by atoms with Crippen molar-refractivity contribution in [3.05, 3.63) is 58.9 Å². The Bertz CT molecular complexity index is 1380. The number of allylic oxidation sites excluding steroid dienone is 7. The average Bonchev–Trinajstić information content (AvgIpc) is 2.92. The molecule has 0 aromatic rings. The fourth-order valence-corrected chi connectivity index (χ4v) is 9.18. The van der Waals surface area contributed by atoms with Crippen molar-refractivity contribution in [1.29, 1.82) is 0 Å². The van der Waals surface area contributed by atoms with Gasteiger partial charge in [0.05, 0.1) is 5.41 Å². The van der Waals surface area contributed by atoms with Crippen molar-refractivity contribution in [2.24, 2.45) is 33.0 Å². The molecule has 5 heteroatoms. The molecule has 212 valence electrons. The van der Waals surface area contributed by atoms with Crippen LogP contribution < -0.4 is 0 Å². The minimum Gasteiger partial charge on any atom is -0.452 e. The van der Waals surface area contributed by atoms with Crippen molar-refractivity contribution in [2.45, 2.75) is 86.5 Å². The third-order valence-electron chi connectivity index (χ3n) is 12.0. The number of hydrogen-bond donors (Lipinski definition) is 0. The van der Waals surface area contributed by atoms with Crippen molar-refractivity contribution in [2.75, 3.05) is 6.61 Å². The third-order valence-corrected chi connectivity index (χ3v) is 12.0. The number of esters is 2. The zero-order valence-electron chi connectivity index (χ0n) is 24.9. The van der Waals surface area contributed by atoms with E-state index in [9.17, 15) is 14.4 Å². The van der Waals surface area contributed by atoms with E-state index in [1.807, 2.05) is 6.92 Å². The Morgan fingerprint density at radius 2 is 1.77 bits per heavy atom. The van der Waals surface area contributed by atoms with Gasteiger partial charge in [-0.05, 0) is 98.2 Å². The summed E-state index contributed by atoms with van der Waals surface area (Å²) in [7, 11) is 0. The molecular weight excluding hydrogens is 500 g/mol. The molecule has 0 saturated heterocycles. The van der Waals surface area contributed by atoms with Crippen LogP contribution in [0.2, 0.25) is 0 Å². The van der Waals surface area contributed by atoms with Gasteiger partial charge in [0.1, 0.15) is 0 Å². The van der Waals surface area contributed by atoms with E-state index >= 15 is 0 Å². The van der Waals surface area contributed by atoms with E-state index < -0.39 is 11.4 Å². The van der Waals surface area contributed by atoms with Crippen LogP contribution in [0.1, 0.15) is 86.5 Å². The molecule has 0 amide bonds. The molecule has 40 heavy (non-hydrogen) atoms. The highest BCUT2D eigenvalue weighted by Gasteiger charge is 2.67. The van der Waals surface area contributed by atoms with Gasteiger partial charge in [0.2, 0.25) is 5.78 Å². The number of carbonyl (C=O) groups excluding carboxylic acids is 3. The second-order valence-corrected chi connectivity index (χ2v) is 14.0. The number of ketones is 1. The van der Waals surface area contributed by atoms with Gasteiger partial charge in [0.15, 0.2) is 12.4 Å². The Morgan fingerprint density at radius 1 is 1.07 bits per heavy atom. The first-order chi connectivity index (χ1) is 18.7. The van der Waals surface area contributed by atoms with Crippen LogP contribution in [-0.4, -0.2) is 24.3 Å². The molecule has 0 aromatic heterocycles. The van der Waals surface area contributed by atoms with Crippen LogP contribution in [0.4, 0.5) is 0 Å². The molecule has 0 aromatic carbocycles. The standard InChI is InChI=1S/C35H42O5/c1-9-19-39-30(38)32(5)14-13-31(4)15-17-34(7)26-12-11-23-22(3)29(40-28(37)10-2)25(36)20-24(23)33(26,6)16-18-35(34,8)27(31)21-32/h1,10-12,20,27H,2,13-19,21H2,3-8H3/t27-,31-,32-,33+,34-,35+/m1/s1. The number of terminal acetylenes is 1. The predicted octanol–water partition coefficient (Wildman–Crippen LogP) is 6.96. The number of ether oxygens (including phenoxy) is 2. The molecule has 0 bridgehead atoms. The van der Waals surface area contributed by atoms with Crippen LogP contribution in [-0.2, 0) is 23.9 Å². The fourth-order valence-electron chi connectivity index (χ4n) is 9.18. The molecule has 5 aliphatic carbocycles. The summed E-state index contributed by atoms with van der Waals surface area (Å²) in [6, 6.07) is 0. The van der Waals surface area contributed by atoms with E-state index in [1.165, 1.54) is 5.57 Å². The second-order valence-electron chi connectivity index (χ2n) is 14.0. The number of hydrogen-bond acceptors (Lipinski definition) is 5. The van der Waals surface area contributed by atoms with Gasteiger partial charge in [-0.25, -0.2) is 4.79 Å². The van der Waals surface area contributed by atoms with Crippen LogP contribution in [0.25, 0.3) is 0 Å². The minimum atomic E-state index is -0.632. The zero-order valence-corrected chi connectivity index (χ0v) is 24.9. The second kappa shape index (κ2) is 9.20. The van der Waals surface area contributed by atoms with Crippen LogP contribution in [0.3, 0.4) is 0 Å². The third kappa shape index (κ3) is 3.78. The summed E-state index contributed by atoms with van der Waals surface area (Å²) in [5, 5.41) is 0. The van der Waals surface area contributed by atoms with Gasteiger partial charge in [-0.2, -0.15) is 0 Å². The van der Waals surface area contributed by atoms with Crippen molar-refractivity contribution in [1.82, 2.24) is 0 Å². The smallest absolute Gasteiger partial charge is 0.335 e. The maximum absolute atomic E-state index is 13.2. The molecule has 6 atom stereocenters. The lowest BCUT2D eigenvalue weighted by Gasteiger charge is -2.70. The number of fused-ring (bicyclic) bond motifs is 7. The van der Waals surface area contributed by atoms with Crippen molar-refractivity contribution in [3.63, 3.8) is 0 Å². The maximum atomic E-state index is 13.2. The van der Waals surface area contributed by atoms with Gasteiger partial charge in [0, 0.05) is 17.1 Å². The molecule has 0 heterocycles. The highest BCUT2D eigenvalue weighted by atomic mass is 16.5. The Hall–Kier alpha value is -3.13. The molecule has 0 radical (unpaired) electrons. The highest BCUT2D eigenvalue weighted by molar-refractivity contribution is 6.08. The molecule has 5 aliphatic rings. The lowest BCUT2D eigenvalue weighted by molar-refractivity contribution is -0.181. The molecule has 0 N–H and O–H groups in total. The van der Waals surface area contributed by atoms with Gasteiger partial charge >= 0.3 is 11.9 Å². The summed E-state index contributed by atoms with van der Waals surface area (Å²) in [6.07, 6.45) is 19.2. The van der Waals surface area contributed by atoms with Crippen LogP contribution in [0.15, 0.2) is 58.9 Å². The summed E-state index contributed by atoms with van der Waals surface area (Å²) >= 11 is 0. The van der Waals surface area contributed by atoms with Gasteiger partial charge in [0.25, 0.3) is 0 Å². The molecular formula is C35H42O5. The SMILES string of the molecule is C#CCOC(=O)[C@]1(C)CC[C@]2(C)CC[C@]3(C)C4=CC=C5C(=CC(=O)C(OC(=O)C=C)=C5C)[C@]4(C)CC[C@@]3(C)[C@@H]2C1. The van der Waals surface area contributed by atoms with Gasteiger partial charge < -0.3 is 9.47 Å². The summed E-state index contributed by atoms with van der Waals surface area (Å²) in [4.78, 5) is 38.4. The van der Waals surface area contributed by atoms with Gasteiger partial charge in [-0.3, -0.25) is 9.59 Å². The first-order valence-electron chi connectivity index (χ1n) is 14.6. The average molecular weight is 543 g/mol. The van der Waals surface area contributed by atoms with Crippen molar-refractivity contribution >= 4 is 17.7 Å². The van der Waals surface area contributed by atoms with Crippen LogP contribution >= 0.6 is 0 Å². The summed E-state index contributed by atoms with van der Waals surface area (Å²) in [6.45, 7) is 17.0. The zero-order chi connectivity index (χ0) is 29.3. The first kappa shape index (κ1) is 28.4. The van der Waals surface area contributed by atoms with Crippen molar-refractivity contribution in [3.8, 4) is 12.3 Å². The van der Waals surface area contributed by atoms with E-state index in [4.69, 9.17) is 15.9 Å². The lowest BCUT2D eigenvalue weighted by Crippen LogP contribution is -2.62.